The minimum absolute atomic E-state index is 0.00107. The highest BCUT2D eigenvalue weighted by Gasteiger charge is 2.23. The van der Waals surface area contributed by atoms with E-state index in [9.17, 15) is 13.2 Å². The summed E-state index contributed by atoms with van der Waals surface area (Å²) in [4.78, 5) is 12.3. The van der Waals surface area contributed by atoms with Gasteiger partial charge in [0, 0.05) is 18.5 Å². The molecule has 1 amide bonds. The summed E-state index contributed by atoms with van der Waals surface area (Å²) < 4.78 is 31.4. The molecule has 0 bridgehead atoms. The van der Waals surface area contributed by atoms with Crippen LogP contribution in [0.2, 0.25) is 0 Å². The van der Waals surface area contributed by atoms with E-state index < -0.39 is 15.9 Å². The predicted octanol–water partition coefficient (Wildman–Crippen LogP) is 1.68. The first-order valence-corrected chi connectivity index (χ1v) is 8.65. The van der Waals surface area contributed by atoms with E-state index in [1.54, 1.807) is 0 Å². The van der Waals surface area contributed by atoms with Gasteiger partial charge in [-0.1, -0.05) is 6.07 Å². The molecular weight excluding hydrogens is 324 g/mol. The van der Waals surface area contributed by atoms with Gasteiger partial charge in [0.25, 0.3) is 5.91 Å². The van der Waals surface area contributed by atoms with Gasteiger partial charge in [-0.15, -0.1) is 11.3 Å². The molecule has 118 valence electrons. The van der Waals surface area contributed by atoms with Gasteiger partial charge in [-0.3, -0.25) is 4.79 Å². The number of amides is 1. The molecule has 0 aliphatic rings. The van der Waals surface area contributed by atoms with E-state index >= 15 is 0 Å². The molecule has 0 fully saturated rings. The van der Waals surface area contributed by atoms with Crippen LogP contribution in [0.5, 0.6) is 5.75 Å². The fourth-order valence-corrected chi connectivity index (χ4v) is 3.94. The van der Waals surface area contributed by atoms with Crippen LogP contribution in [0.1, 0.15) is 15.2 Å². The molecule has 0 atom stereocenters. The maximum atomic E-state index is 12.6. The monoisotopic (exact) mass is 340 g/mol. The molecule has 1 aromatic heterocycles. The van der Waals surface area contributed by atoms with Crippen molar-refractivity contribution in [2.75, 3.05) is 14.2 Å². The Bertz CT molecular complexity index is 770. The number of carbonyl (C=O) groups is 1. The first-order valence-electron chi connectivity index (χ1n) is 6.33. The van der Waals surface area contributed by atoms with Crippen molar-refractivity contribution in [3.8, 4) is 5.75 Å². The number of nitrogens with two attached hydrogens (primary N) is 1. The zero-order valence-electron chi connectivity index (χ0n) is 12.1. The second kappa shape index (κ2) is 6.47. The summed E-state index contributed by atoms with van der Waals surface area (Å²) >= 11 is 1.48. The summed E-state index contributed by atoms with van der Waals surface area (Å²) in [5.74, 6) is -0.498. The number of primary amides is 1. The van der Waals surface area contributed by atoms with Gasteiger partial charge < -0.3 is 10.5 Å². The number of hydrogen-bond acceptors (Lipinski definition) is 5. The maximum absolute atomic E-state index is 12.6. The second-order valence-electron chi connectivity index (χ2n) is 4.57. The zero-order chi connectivity index (χ0) is 16.3. The van der Waals surface area contributed by atoms with Crippen LogP contribution in [0.3, 0.4) is 0 Å². The molecule has 0 aliphatic carbocycles. The van der Waals surface area contributed by atoms with Crippen LogP contribution in [-0.2, 0) is 16.6 Å². The number of methoxy groups -OCH3 is 1. The topological polar surface area (TPSA) is 89.7 Å². The molecule has 0 aliphatic heterocycles. The molecule has 8 heteroatoms. The van der Waals surface area contributed by atoms with E-state index in [1.807, 2.05) is 17.5 Å². The third-order valence-electron chi connectivity index (χ3n) is 3.10. The molecule has 1 heterocycles. The first-order chi connectivity index (χ1) is 10.4. The predicted molar refractivity (Wildman–Crippen MR) is 84.5 cm³/mol. The Balaban J connectivity index is 2.36. The van der Waals surface area contributed by atoms with Crippen molar-refractivity contribution in [3.63, 3.8) is 0 Å². The number of ether oxygens (including phenoxy) is 1. The number of sulfonamides is 1. The molecule has 22 heavy (non-hydrogen) atoms. The molecule has 0 radical (unpaired) electrons. The number of rotatable bonds is 6. The normalized spacial score (nSPS) is 11.6. The zero-order valence-corrected chi connectivity index (χ0v) is 13.8. The van der Waals surface area contributed by atoms with Crippen LogP contribution >= 0.6 is 11.3 Å². The lowest BCUT2D eigenvalue weighted by atomic mass is 10.2. The van der Waals surface area contributed by atoms with E-state index in [1.165, 1.54) is 48.0 Å². The smallest absolute Gasteiger partial charge is 0.252 e. The number of benzene rings is 1. The maximum Gasteiger partial charge on any atom is 0.252 e. The van der Waals surface area contributed by atoms with Gasteiger partial charge in [0.2, 0.25) is 10.0 Å². The Hall–Kier alpha value is -1.90. The highest BCUT2D eigenvalue weighted by molar-refractivity contribution is 7.89. The van der Waals surface area contributed by atoms with Crippen LogP contribution in [0, 0.1) is 0 Å². The SMILES string of the molecule is COc1ccc(S(=O)(=O)N(C)Cc2cccs2)cc1C(N)=O. The molecule has 6 nitrogen and oxygen atoms in total. The van der Waals surface area contributed by atoms with E-state index in [2.05, 4.69) is 0 Å². The van der Waals surface area contributed by atoms with Crippen LogP contribution in [0.25, 0.3) is 0 Å². The number of carbonyl (C=O) groups excluding carboxylic acids is 1. The van der Waals surface area contributed by atoms with Gasteiger partial charge >= 0.3 is 0 Å². The Morgan fingerprint density at radius 1 is 1.36 bits per heavy atom. The second-order valence-corrected chi connectivity index (χ2v) is 7.64. The average Bonchev–Trinajstić information content (AvgIpc) is 2.99. The van der Waals surface area contributed by atoms with E-state index in [0.29, 0.717) is 0 Å². The number of hydrogen-bond donors (Lipinski definition) is 1. The molecule has 0 spiro atoms. The first kappa shape index (κ1) is 16.5. The lowest BCUT2D eigenvalue weighted by Gasteiger charge is -2.17. The minimum Gasteiger partial charge on any atom is -0.496 e. The molecule has 1 aromatic carbocycles. The Kier molecular flexibility index (Phi) is 4.84. The van der Waals surface area contributed by atoms with Crippen molar-refractivity contribution in [2.45, 2.75) is 11.4 Å². The van der Waals surface area contributed by atoms with Crippen molar-refractivity contribution in [3.05, 3.63) is 46.2 Å². The van der Waals surface area contributed by atoms with Crippen LogP contribution in [0.4, 0.5) is 0 Å². The van der Waals surface area contributed by atoms with Crippen molar-refractivity contribution in [2.24, 2.45) is 5.73 Å². The minimum atomic E-state index is -3.72. The summed E-state index contributed by atoms with van der Waals surface area (Å²) in [5.41, 5.74) is 5.30. The fraction of sp³-hybridized carbons (Fsp3) is 0.214. The van der Waals surface area contributed by atoms with Gasteiger partial charge in [-0.25, -0.2) is 8.42 Å². The molecule has 2 rings (SSSR count). The number of nitrogens with zero attached hydrogens (tertiary/aromatic N) is 1. The lowest BCUT2D eigenvalue weighted by molar-refractivity contribution is 0.0997. The van der Waals surface area contributed by atoms with Crippen LogP contribution in [-0.4, -0.2) is 32.8 Å². The van der Waals surface area contributed by atoms with Gasteiger partial charge in [0.1, 0.15) is 5.75 Å². The highest BCUT2D eigenvalue weighted by Crippen LogP contribution is 2.25. The van der Waals surface area contributed by atoms with Crippen molar-refractivity contribution in [1.82, 2.24) is 4.31 Å². The molecular formula is C14H16N2O4S2. The van der Waals surface area contributed by atoms with E-state index in [0.717, 1.165) is 4.88 Å². The summed E-state index contributed by atoms with van der Waals surface area (Å²) in [6.07, 6.45) is 0. The lowest BCUT2D eigenvalue weighted by Crippen LogP contribution is -2.26. The number of thiophene rings is 1. The molecule has 0 saturated heterocycles. The van der Waals surface area contributed by atoms with Crippen LogP contribution in [0.15, 0.2) is 40.6 Å². The van der Waals surface area contributed by atoms with Crippen molar-refractivity contribution >= 4 is 27.3 Å². The van der Waals surface area contributed by atoms with E-state index in [4.69, 9.17) is 10.5 Å². The summed E-state index contributed by atoms with van der Waals surface area (Å²) in [6, 6.07) is 7.78. The van der Waals surface area contributed by atoms with Gasteiger partial charge in [-0.05, 0) is 29.6 Å². The summed E-state index contributed by atoms with van der Waals surface area (Å²) in [5, 5.41) is 1.88. The highest BCUT2D eigenvalue weighted by atomic mass is 32.2. The average molecular weight is 340 g/mol. The summed E-state index contributed by atoms with van der Waals surface area (Å²) in [7, 11) is -0.842. The quantitative estimate of drug-likeness (QED) is 0.866. The van der Waals surface area contributed by atoms with Gasteiger partial charge in [0.05, 0.1) is 17.6 Å². The molecule has 2 N–H and O–H groups in total. The third kappa shape index (κ3) is 3.29. The standard InChI is InChI=1S/C14H16N2O4S2/c1-16(9-10-4-3-7-21-10)22(18,19)11-5-6-13(20-2)12(8-11)14(15)17/h3-8H,9H2,1-2H3,(H2,15,17). The Labute approximate surface area is 133 Å². The molecule has 0 unspecified atom stereocenters. The van der Waals surface area contributed by atoms with Gasteiger partial charge in [-0.2, -0.15) is 4.31 Å². The summed E-state index contributed by atoms with van der Waals surface area (Å²) in [6.45, 7) is 0.262. The van der Waals surface area contributed by atoms with Crippen molar-refractivity contribution < 1.29 is 17.9 Å². The van der Waals surface area contributed by atoms with Crippen LogP contribution < -0.4 is 10.5 Å². The van der Waals surface area contributed by atoms with E-state index in [-0.39, 0.29) is 22.8 Å². The van der Waals surface area contributed by atoms with Crippen molar-refractivity contribution in [1.29, 1.82) is 0 Å². The van der Waals surface area contributed by atoms with Gasteiger partial charge in [0.15, 0.2) is 0 Å². The fourth-order valence-electron chi connectivity index (χ4n) is 1.93. The Morgan fingerprint density at radius 2 is 2.09 bits per heavy atom. The molecule has 2 aromatic rings. The third-order valence-corrected chi connectivity index (χ3v) is 5.76. The molecule has 0 saturated carbocycles. The Morgan fingerprint density at radius 3 is 2.64 bits per heavy atom. The largest absolute Gasteiger partial charge is 0.496 e.